The van der Waals surface area contributed by atoms with E-state index < -0.39 is 11.6 Å². The number of aliphatic imine (C=N–C) groups is 2. The van der Waals surface area contributed by atoms with Gasteiger partial charge in [-0.2, -0.15) is 0 Å². The lowest BCUT2D eigenvalue weighted by atomic mass is 10.3. The van der Waals surface area contributed by atoms with Crippen LogP contribution in [-0.2, 0) is 0 Å². The second-order valence-corrected chi connectivity index (χ2v) is 6.66. The molecular formula is C18H16ClF2N5S. The zero-order valence-electron chi connectivity index (χ0n) is 14.0. The number of hydrogen-bond donors (Lipinski definition) is 3. The second-order valence-electron chi connectivity index (χ2n) is 5.20. The molecule has 5 nitrogen and oxygen atoms in total. The highest BCUT2D eigenvalue weighted by Crippen LogP contribution is 2.22. The third kappa shape index (κ3) is 7.20. The Hall–Kier alpha value is -2.71. The summed E-state index contributed by atoms with van der Waals surface area (Å²) in [6.07, 6.45) is 2.74. The zero-order valence-corrected chi connectivity index (χ0v) is 15.6. The van der Waals surface area contributed by atoms with Crippen LogP contribution in [0.1, 0.15) is 0 Å². The van der Waals surface area contributed by atoms with Crippen molar-refractivity contribution in [2.45, 2.75) is 4.90 Å². The third-order valence-corrected chi connectivity index (χ3v) is 4.33. The van der Waals surface area contributed by atoms with E-state index in [4.69, 9.17) is 28.5 Å². The lowest BCUT2D eigenvalue weighted by molar-refractivity contribution is 0.566. The maximum absolute atomic E-state index is 13.5. The average molecular weight is 408 g/mol. The van der Waals surface area contributed by atoms with Crippen LogP contribution in [0.2, 0.25) is 5.02 Å². The molecule has 0 amide bonds. The van der Waals surface area contributed by atoms with Gasteiger partial charge in [0.05, 0.1) is 11.4 Å². The lowest BCUT2D eigenvalue weighted by Crippen LogP contribution is -2.16. The van der Waals surface area contributed by atoms with E-state index in [0.29, 0.717) is 10.7 Å². The van der Waals surface area contributed by atoms with Crippen molar-refractivity contribution in [3.63, 3.8) is 0 Å². The number of benzene rings is 2. The van der Waals surface area contributed by atoms with Crippen LogP contribution in [0.15, 0.2) is 69.5 Å². The summed E-state index contributed by atoms with van der Waals surface area (Å²) in [5.74, 6) is -1.04. The molecule has 5 N–H and O–H groups in total. The van der Waals surface area contributed by atoms with Gasteiger partial charge in [0.25, 0.3) is 0 Å². The molecule has 0 heterocycles. The summed E-state index contributed by atoms with van der Waals surface area (Å²) < 4.78 is 26.4. The van der Waals surface area contributed by atoms with Gasteiger partial charge < -0.3 is 11.5 Å². The minimum atomic E-state index is -0.673. The highest BCUT2D eigenvalue weighted by molar-refractivity contribution is 8.00. The van der Waals surface area contributed by atoms with E-state index >= 15 is 0 Å². The number of nitrogens with two attached hydrogens (primary N) is 2. The normalized spacial score (nSPS) is 12.6. The Kier molecular flexibility index (Phi) is 7.51. The minimum absolute atomic E-state index is 0.115. The van der Waals surface area contributed by atoms with Gasteiger partial charge in [-0.15, -0.1) is 11.8 Å². The summed E-state index contributed by atoms with van der Waals surface area (Å²) in [7, 11) is 0. The number of thioether (sulfide) groups is 1. The summed E-state index contributed by atoms with van der Waals surface area (Å²) in [5.41, 5.74) is 12.1. The standard InChI is InChI=1S/C18H16ClF2N5S/c19-11-2-1-3-13(8-11)25-16(22)6-7-17(23)26-18(24)10-27-15-5-4-12(20)9-14(15)21/h1-9H,10H2,(H2,22,25)(H3,23,24,26)/b7-6-. The quantitative estimate of drug-likeness (QED) is 0.378. The van der Waals surface area contributed by atoms with Crippen molar-refractivity contribution in [2.24, 2.45) is 21.5 Å². The smallest absolute Gasteiger partial charge is 0.146 e. The first kappa shape index (κ1) is 20.6. The molecule has 0 saturated carbocycles. The fourth-order valence-corrected chi connectivity index (χ4v) is 2.78. The van der Waals surface area contributed by atoms with Crippen LogP contribution >= 0.6 is 23.4 Å². The number of nitrogens with one attached hydrogen (secondary N) is 1. The number of rotatable bonds is 6. The van der Waals surface area contributed by atoms with Crippen molar-refractivity contribution in [2.75, 3.05) is 5.75 Å². The molecule has 0 aliphatic carbocycles. The van der Waals surface area contributed by atoms with Gasteiger partial charge in [-0.3, -0.25) is 5.41 Å². The van der Waals surface area contributed by atoms with Gasteiger partial charge in [-0.05, 0) is 42.5 Å². The first-order chi connectivity index (χ1) is 12.8. The van der Waals surface area contributed by atoms with E-state index in [-0.39, 0.29) is 28.2 Å². The van der Waals surface area contributed by atoms with Gasteiger partial charge in [0.1, 0.15) is 29.1 Å². The molecule has 0 aliphatic heterocycles. The molecule has 0 atom stereocenters. The molecule has 2 rings (SSSR count). The zero-order chi connectivity index (χ0) is 19.8. The highest BCUT2D eigenvalue weighted by Gasteiger charge is 2.05. The molecule has 0 bridgehead atoms. The Balaban J connectivity index is 1.93. The predicted octanol–water partition coefficient (Wildman–Crippen LogP) is 4.29. The Morgan fingerprint density at radius 3 is 2.63 bits per heavy atom. The number of hydrogen-bond acceptors (Lipinski definition) is 3. The minimum Gasteiger partial charge on any atom is -0.386 e. The Morgan fingerprint density at radius 2 is 1.93 bits per heavy atom. The van der Waals surface area contributed by atoms with Crippen LogP contribution < -0.4 is 11.5 Å². The van der Waals surface area contributed by atoms with Crippen molar-refractivity contribution in [3.8, 4) is 0 Å². The monoisotopic (exact) mass is 407 g/mol. The molecule has 27 heavy (non-hydrogen) atoms. The fraction of sp³-hybridized carbons (Fsp3) is 0.0556. The van der Waals surface area contributed by atoms with Crippen LogP contribution in [-0.4, -0.2) is 23.3 Å². The molecule has 0 aliphatic rings. The molecule has 2 aromatic rings. The number of nitrogens with zero attached hydrogens (tertiary/aromatic N) is 2. The first-order valence-electron chi connectivity index (χ1n) is 7.61. The summed E-state index contributed by atoms with van der Waals surface area (Å²) in [4.78, 5) is 8.25. The highest BCUT2D eigenvalue weighted by atomic mass is 35.5. The van der Waals surface area contributed by atoms with Gasteiger partial charge >= 0.3 is 0 Å². The van der Waals surface area contributed by atoms with E-state index in [1.54, 1.807) is 24.3 Å². The second kappa shape index (κ2) is 9.84. The average Bonchev–Trinajstić information content (AvgIpc) is 2.59. The van der Waals surface area contributed by atoms with Gasteiger partial charge in [-0.25, -0.2) is 18.8 Å². The molecule has 140 valence electrons. The summed E-state index contributed by atoms with van der Waals surface area (Å²) >= 11 is 6.92. The lowest BCUT2D eigenvalue weighted by Gasteiger charge is -2.03. The predicted molar refractivity (Wildman–Crippen MR) is 108 cm³/mol. The third-order valence-electron chi connectivity index (χ3n) is 3.01. The van der Waals surface area contributed by atoms with Gasteiger partial charge in [0, 0.05) is 16.0 Å². The Labute approximate surface area is 164 Å². The van der Waals surface area contributed by atoms with E-state index in [0.717, 1.165) is 23.9 Å². The molecule has 0 aromatic heterocycles. The molecule has 0 radical (unpaired) electrons. The fourth-order valence-electron chi connectivity index (χ4n) is 1.86. The summed E-state index contributed by atoms with van der Waals surface area (Å²) in [6.45, 7) is 0. The van der Waals surface area contributed by atoms with Gasteiger partial charge in [-0.1, -0.05) is 17.7 Å². The van der Waals surface area contributed by atoms with Crippen molar-refractivity contribution < 1.29 is 8.78 Å². The van der Waals surface area contributed by atoms with E-state index in [1.165, 1.54) is 18.2 Å². The molecule has 0 saturated heterocycles. The summed E-state index contributed by atoms with van der Waals surface area (Å²) in [5, 5.41) is 8.30. The summed E-state index contributed by atoms with van der Waals surface area (Å²) in [6, 6.07) is 10.1. The van der Waals surface area contributed by atoms with E-state index in [1.807, 2.05) is 0 Å². The van der Waals surface area contributed by atoms with E-state index in [9.17, 15) is 8.78 Å². The molecule has 9 heteroatoms. The van der Waals surface area contributed by atoms with Crippen LogP contribution in [0.25, 0.3) is 0 Å². The van der Waals surface area contributed by atoms with Crippen molar-refractivity contribution in [1.82, 2.24) is 0 Å². The molecular weight excluding hydrogens is 392 g/mol. The van der Waals surface area contributed by atoms with Crippen LogP contribution in [0, 0.1) is 17.0 Å². The number of amidine groups is 3. The molecule has 0 fully saturated rings. The van der Waals surface area contributed by atoms with Crippen LogP contribution in [0.4, 0.5) is 14.5 Å². The first-order valence-corrected chi connectivity index (χ1v) is 8.97. The van der Waals surface area contributed by atoms with Crippen LogP contribution in [0.5, 0.6) is 0 Å². The SMILES string of the molecule is N=C(/C=C\C(N)=Nc1cccc(Cl)c1)N=C(N)CSc1ccc(F)cc1F. The van der Waals surface area contributed by atoms with E-state index in [2.05, 4.69) is 9.98 Å². The van der Waals surface area contributed by atoms with Crippen molar-refractivity contribution in [1.29, 1.82) is 5.41 Å². The maximum atomic E-state index is 13.5. The topological polar surface area (TPSA) is 101 Å². The van der Waals surface area contributed by atoms with Crippen LogP contribution in [0.3, 0.4) is 0 Å². The Bertz CT molecular complexity index is 928. The van der Waals surface area contributed by atoms with Crippen molar-refractivity contribution >= 4 is 46.6 Å². The maximum Gasteiger partial charge on any atom is 0.146 e. The molecule has 2 aromatic carbocycles. The largest absolute Gasteiger partial charge is 0.386 e. The molecule has 0 spiro atoms. The Morgan fingerprint density at radius 1 is 1.15 bits per heavy atom. The van der Waals surface area contributed by atoms with Gasteiger partial charge in [0.15, 0.2) is 0 Å². The van der Waals surface area contributed by atoms with Gasteiger partial charge in [0.2, 0.25) is 0 Å². The molecule has 0 unspecified atom stereocenters. The van der Waals surface area contributed by atoms with Crippen molar-refractivity contribution in [3.05, 3.63) is 71.3 Å². The number of halogens is 3.